The number of hydrogen-bond acceptors (Lipinski definition) is 2. The van der Waals surface area contributed by atoms with Crippen LogP contribution < -0.4 is 10.5 Å². The van der Waals surface area contributed by atoms with E-state index in [1.54, 1.807) is 0 Å². The predicted molar refractivity (Wildman–Crippen MR) is 62.7 cm³/mol. The standard InChI is InChI=1S/C13H11NO/c1-2-9-15-12-8-7-10-5-3-4-6-11(10)13(12)14/h1,3-8H,9,14H2. The number of fused-ring (bicyclic) bond motifs is 1. The van der Waals surface area contributed by atoms with E-state index in [1.165, 1.54) is 0 Å². The first kappa shape index (κ1) is 9.42. The number of anilines is 1. The van der Waals surface area contributed by atoms with Gasteiger partial charge in [0.1, 0.15) is 12.4 Å². The quantitative estimate of drug-likeness (QED) is 0.592. The second kappa shape index (κ2) is 3.93. The highest BCUT2D eigenvalue weighted by molar-refractivity contribution is 5.95. The molecular weight excluding hydrogens is 186 g/mol. The van der Waals surface area contributed by atoms with E-state index >= 15 is 0 Å². The fraction of sp³-hybridized carbons (Fsp3) is 0.0769. The Hall–Kier alpha value is -2.14. The molecule has 0 aromatic heterocycles. The van der Waals surface area contributed by atoms with Gasteiger partial charge in [0.25, 0.3) is 0 Å². The molecule has 0 unspecified atom stereocenters. The predicted octanol–water partition coefficient (Wildman–Crippen LogP) is 2.43. The van der Waals surface area contributed by atoms with Gasteiger partial charge in [-0.3, -0.25) is 0 Å². The van der Waals surface area contributed by atoms with Crippen molar-refractivity contribution in [2.24, 2.45) is 0 Å². The van der Waals surface area contributed by atoms with Crippen molar-refractivity contribution >= 4 is 16.5 Å². The van der Waals surface area contributed by atoms with Gasteiger partial charge < -0.3 is 10.5 Å². The van der Waals surface area contributed by atoms with Gasteiger partial charge in [-0.05, 0) is 11.5 Å². The lowest BCUT2D eigenvalue weighted by Gasteiger charge is -2.08. The molecule has 2 aromatic carbocycles. The van der Waals surface area contributed by atoms with Gasteiger partial charge in [0.15, 0.2) is 0 Å². The van der Waals surface area contributed by atoms with Gasteiger partial charge in [-0.2, -0.15) is 0 Å². The lowest BCUT2D eigenvalue weighted by atomic mass is 10.1. The molecule has 0 bridgehead atoms. The third-order valence-corrected chi connectivity index (χ3v) is 2.24. The molecular formula is C13H11NO. The second-order valence-electron chi connectivity index (χ2n) is 3.19. The highest BCUT2D eigenvalue weighted by Crippen LogP contribution is 2.30. The van der Waals surface area contributed by atoms with E-state index in [0.29, 0.717) is 11.4 Å². The first-order valence-corrected chi connectivity index (χ1v) is 4.66. The second-order valence-corrected chi connectivity index (χ2v) is 3.19. The molecule has 74 valence electrons. The minimum atomic E-state index is 0.239. The van der Waals surface area contributed by atoms with Gasteiger partial charge in [-0.15, -0.1) is 6.42 Å². The summed E-state index contributed by atoms with van der Waals surface area (Å²) in [6, 6.07) is 11.7. The molecule has 2 N–H and O–H groups in total. The van der Waals surface area contributed by atoms with E-state index in [9.17, 15) is 0 Å². The first-order valence-electron chi connectivity index (χ1n) is 4.66. The number of terminal acetylenes is 1. The molecule has 0 fully saturated rings. The van der Waals surface area contributed by atoms with Gasteiger partial charge in [-0.25, -0.2) is 0 Å². The normalized spacial score (nSPS) is 9.80. The van der Waals surface area contributed by atoms with Crippen molar-refractivity contribution in [1.82, 2.24) is 0 Å². The number of nitrogen functional groups attached to an aromatic ring is 1. The highest BCUT2D eigenvalue weighted by atomic mass is 16.5. The number of ether oxygens (including phenoxy) is 1. The molecule has 2 nitrogen and oxygen atoms in total. The van der Waals surface area contributed by atoms with Crippen molar-refractivity contribution in [1.29, 1.82) is 0 Å². The van der Waals surface area contributed by atoms with Gasteiger partial charge in [-0.1, -0.05) is 36.3 Å². The molecule has 0 spiro atoms. The van der Waals surface area contributed by atoms with Crippen LogP contribution in [0.15, 0.2) is 36.4 Å². The number of benzene rings is 2. The van der Waals surface area contributed by atoms with Crippen LogP contribution in [0.1, 0.15) is 0 Å². The van der Waals surface area contributed by atoms with Crippen LogP contribution in [0.25, 0.3) is 10.8 Å². The fourth-order valence-electron chi connectivity index (χ4n) is 1.52. The zero-order chi connectivity index (χ0) is 10.7. The molecule has 0 radical (unpaired) electrons. The Labute approximate surface area is 88.7 Å². The van der Waals surface area contributed by atoms with Crippen molar-refractivity contribution in [2.45, 2.75) is 0 Å². The molecule has 0 heterocycles. The van der Waals surface area contributed by atoms with Crippen molar-refractivity contribution in [2.75, 3.05) is 12.3 Å². The number of hydrogen-bond donors (Lipinski definition) is 1. The van der Waals surface area contributed by atoms with Crippen molar-refractivity contribution in [3.63, 3.8) is 0 Å². The van der Waals surface area contributed by atoms with E-state index in [0.717, 1.165) is 10.8 Å². The lowest BCUT2D eigenvalue weighted by Crippen LogP contribution is -1.98. The topological polar surface area (TPSA) is 35.2 Å². The van der Waals surface area contributed by atoms with Gasteiger partial charge in [0.05, 0.1) is 5.69 Å². The first-order chi connectivity index (χ1) is 7.33. The summed E-state index contributed by atoms with van der Waals surface area (Å²) < 4.78 is 5.33. The average Bonchev–Trinajstić information content (AvgIpc) is 2.29. The summed E-state index contributed by atoms with van der Waals surface area (Å²) in [7, 11) is 0. The van der Waals surface area contributed by atoms with Crippen LogP contribution in [0.3, 0.4) is 0 Å². The van der Waals surface area contributed by atoms with Gasteiger partial charge in [0, 0.05) is 5.39 Å². The summed E-state index contributed by atoms with van der Waals surface area (Å²) in [5.74, 6) is 3.06. The molecule has 2 aromatic rings. The zero-order valence-electron chi connectivity index (χ0n) is 8.23. The lowest BCUT2D eigenvalue weighted by molar-refractivity contribution is 0.373. The Morgan fingerprint density at radius 3 is 2.80 bits per heavy atom. The molecule has 15 heavy (non-hydrogen) atoms. The van der Waals surface area contributed by atoms with Gasteiger partial charge in [0.2, 0.25) is 0 Å². The molecule has 0 atom stereocenters. The van der Waals surface area contributed by atoms with Crippen LogP contribution in [-0.4, -0.2) is 6.61 Å². The van der Waals surface area contributed by atoms with Crippen LogP contribution in [-0.2, 0) is 0 Å². The third-order valence-electron chi connectivity index (χ3n) is 2.24. The zero-order valence-corrected chi connectivity index (χ0v) is 8.23. The molecule has 0 saturated heterocycles. The van der Waals surface area contributed by atoms with E-state index in [4.69, 9.17) is 16.9 Å². The summed E-state index contributed by atoms with van der Waals surface area (Å²) >= 11 is 0. The molecule has 0 amide bonds. The van der Waals surface area contributed by atoms with E-state index in [2.05, 4.69) is 5.92 Å². The summed E-state index contributed by atoms with van der Waals surface area (Å²) in [5, 5.41) is 2.09. The maximum Gasteiger partial charge on any atom is 0.148 e. The van der Waals surface area contributed by atoms with Crippen LogP contribution in [0.5, 0.6) is 5.75 Å². The minimum absolute atomic E-state index is 0.239. The molecule has 0 aliphatic rings. The van der Waals surface area contributed by atoms with Crippen molar-refractivity contribution in [3.05, 3.63) is 36.4 Å². The van der Waals surface area contributed by atoms with Crippen LogP contribution in [0.4, 0.5) is 5.69 Å². The number of nitrogens with two attached hydrogens (primary N) is 1. The minimum Gasteiger partial charge on any atom is -0.479 e. The molecule has 0 aliphatic heterocycles. The largest absolute Gasteiger partial charge is 0.479 e. The summed E-state index contributed by atoms with van der Waals surface area (Å²) in [6.07, 6.45) is 5.12. The summed E-state index contributed by atoms with van der Waals surface area (Å²) in [6.45, 7) is 0.239. The Bertz CT molecular complexity index is 526. The van der Waals surface area contributed by atoms with E-state index < -0.39 is 0 Å². The Morgan fingerprint density at radius 2 is 2.00 bits per heavy atom. The van der Waals surface area contributed by atoms with Crippen molar-refractivity contribution < 1.29 is 4.74 Å². The maximum atomic E-state index is 5.97. The van der Waals surface area contributed by atoms with Gasteiger partial charge >= 0.3 is 0 Å². The van der Waals surface area contributed by atoms with E-state index in [1.807, 2.05) is 36.4 Å². The monoisotopic (exact) mass is 197 g/mol. The molecule has 0 saturated carbocycles. The highest BCUT2D eigenvalue weighted by Gasteiger charge is 2.03. The van der Waals surface area contributed by atoms with Crippen LogP contribution in [0, 0.1) is 12.3 Å². The third kappa shape index (κ3) is 1.72. The Balaban J connectivity index is 2.51. The summed E-state index contributed by atoms with van der Waals surface area (Å²) in [5.41, 5.74) is 6.61. The van der Waals surface area contributed by atoms with Crippen molar-refractivity contribution in [3.8, 4) is 18.1 Å². The smallest absolute Gasteiger partial charge is 0.148 e. The molecule has 2 heteroatoms. The maximum absolute atomic E-state index is 5.97. The Kier molecular flexibility index (Phi) is 2.47. The Morgan fingerprint density at radius 1 is 1.20 bits per heavy atom. The van der Waals surface area contributed by atoms with Crippen LogP contribution in [0.2, 0.25) is 0 Å². The van der Waals surface area contributed by atoms with E-state index in [-0.39, 0.29) is 6.61 Å². The molecule has 2 rings (SSSR count). The van der Waals surface area contributed by atoms with Crippen LogP contribution >= 0.6 is 0 Å². The number of rotatable bonds is 2. The fourth-order valence-corrected chi connectivity index (χ4v) is 1.52. The average molecular weight is 197 g/mol. The molecule has 0 aliphatic carbocycles. The summed E-state index contributed by atoms with van der Waals surface area (Å²) in [4.78, 5) is 0. The SMILES string of the molecule is C#CCOc1ccc2ccccc2c1N.